The van der Waals surface area contributed by atoms with Crippen LogP contribution in [0.4, 0.5) is 0 Å². The summed E-state index contributed by atoms with van der Waals surface area (Å²) in [5, 5.41) is 0. The third-order valence-corrected chi connectivity index (χ3v) is 6.38. The number of ether oxygens (including phenoxy) is 3. The third-order valence-electron chi connectivity index (χ3n) is 5.40. The zero-order valence-corrected chi connectivity index (χ0v) is 20.5. The topological polar surface area (TPSA) is 96.2 Å². The average molecular weight is 493 g/mol. The molecule has 180 valence electrons. The molecule has 3 aromatic rings. The maximum absolute atomic E-state index is 13.6. The summed E-state index contributed by atoms with van der Waals surface area (Å²) >= 11 is 1.23. The molecule has 4 rings (SSSR count). The number of rotatable bonds is 6. The van der Waals surface area contributed by atoms with Gasteiger partial charge >= 0.3 is 11.9 Å². The van der Waals surface area contributed by atoms with E-state index in [1.165, 1.54) is 22.8 Å². The predicted octanol–water partition coefficient (Wildman–Crippen LogP) is 2.73. The number of carbonyl (C=O) groups excluding carboxylic acids is 2. The quantitative estimate of drug-likeness (QED) is 0.388. The van der Waals surface area contributed by atoms with E-state index in [0.29, 0.717) is 32.1 Å². The highest BCUT2D eigenvalue weighted by Gasteiger charge is 2.33. The smallest absolute Gasteiger partial charge is 0.338 e. The lowest BCUT2D eigenvalue weighted by atomic mass is 9.96. The minimum absolute atomic E-state index is 0.186. The van der Waals surface area contributed by atoms with Crippen molar-refractivity contribution < 1.29 is 23.8 Å². The number of nitrogens with zero attached hydrogens (tertiary/aromatic N) is 2. The highest BCUT2D eigenvalue weighted by molar-refractivity contribution is 7.07. The Hall–Kier alpha value is -3.98. The van der Waals surface area contributed by atoms with Crippen LogP contribution in [0.5, 0.6) is 11.5 Å². The summed E-state index contributed by atoms with van der Waals surface area (Å²) in [6, 6.07) is 13.3. The molecular formula is C26H24N2O6S. The SMILES string of the molecule is CCOC(=O)C1=C(C)N=c2s/c(=C\c3ccccc3OC)c(=O)n2C1c1ccc(OC(C)=O)cc1. The van der Waals surface area contributed by atoms with Crippen LogP contribution in [-0.2, 0) is 14.3 Å². The van der Waals surface area contributed by atoms with Gasteiger partial charge in [0.1, 0.15) is 11.5 Å². The predicted molar refractivity (Wildman–Crippen MR) is 131 cm³/mol. The molecule has 2 aromatic carbocycles. The molecule has 1 aliphatic heterocycles. The van der Waals surface area contributed by atoms with Gasteiger partial charge in [-0.2, -0.15) is 0 Å². The molecular weight excluding hydrogens is 468 g/mol. The minimum atomic E-state index is -0.753. The zero-order valence-electron chi connectivity index (χ0n) is 19.7. The summed E-state index contributed by atoms with van der Waals surface area (Å²) < 4.78 is 17.8. The number of methoxy groups -OCH3 is 1. The molecule has 0 aliphatic carbocycles. The van der Waals surface area contributed by atoms with Crippen molar-refractivity contribution in [2.24, 2.45) is 4.99 Å². The first-order chi connectivity index (χ1) is 16.8. The van der Waals surface area contributed by atoms with Gasteiger partial charge in [0.25, 0.3) is 5.56 Å². The van der Waals surface area contributed by atoms with Gasteiger partial charge in [-0.1, -0.05) is 41.7 Å². The molecule has 0 amide bonds. The lowest BCUT2D eigenvalue weighted by Gasteiger charge is -2.24. The lowest BCUT2D eigenvalue weighted by Crippen LogP contribution is -2.39. The Bertz CT molecular complexity index is 1500. The molecule has 9 heteroatoms. The van der Waals surface area contributed by atoms with Crippen molar-refractivity contribution in [3.8, 4) is 11.5 Å². The molecule has 0 fully saturated rings. The van der Waals surface area contributed by atoms with E-state index >= 15 is 0 Å². The normalized spacial score (nSPS) is 15.3. The standard InChI is InChI=1S/C26H24N2O6S/c1-5-33-25(31)22-15(2)27-26-28(23(22)17-10-12-19(13-11-17)34-16(3)29)24(30)21(35-26)14-18-8-6-7-9-20(18)32-4/h6-14,23H,5H2,1-4H3/b21-14-. The first-order valence-corrected chi connectivity index (χ1v) is 11.8. The maximum Gasteiger partial charge on any atom is 0.338 e. The number of hydrogen-bond donors (Lipinski definition) is 0. The van der Waals surface area contributed by atoms with E-state index < -0.39 is 18.0 Å². The number of esters is 2. The van der Waals surface area contributed by atoms with Gasteiger partial charge in [0, 0.05) is 12.5 Å². The number of thiazole rings is 1. The number of fused-ring (bicyclic) bond motifs is 1. The number of para-hydroxylation sites is 1. The summed E-state index contributed by atoms with van der Waals surface area (Å²) in [7, 11) is 1.57. The van der Waals surface area contributed by atoms with Crippen molar-refractivity contribution in [2.45, 2.75) is 26.8 Å². The van der Waals surface area contributed by atoms with Crippen LogP contribution in [0.3, 0.4) is 0 Å². The first kappa shape index (κ1) is 24.2. The molecule has 1 aromatic heterocycles. The van der Waals surface area contributed by atoms with Gasteiger partial charge in [0.2, 0.25) is 0 Å². The van der Waals surface area contributed by atoms with Gasteiger partial charge in [-0.25, -0.2) is 9.79 Å². The number of carbonyl (C=O) groups is 2. The fraction of sp³-hybridized carbons (Fsp3) is 0.231. The van der Waals surface area contributed by atoms with E-state index in [-0.39, 0.29) is 17.7 Å². The van der Waals surface area contributed by atoms with Crippen LogP contribution >= 0.6 is 11.3 Å². The molecule has 1 atom stereocenters. The molecule has 1 unspecified atom stereocenters. The van der Waals surface area contributed by atoms with Crippen molar-refractivity contribution >= 4 is 29.4 Å². The Morgan fingerprint density at radius 1 is 1.14 bits per heavy atom. The molecule has 0 radical (unpaired) electrons. The summed E-state index contributed by atoms with van der Waals surface area (Å²) in [6.45, 7) is 4.95. The number of benzene rings is 2. The van der Waals surface area contributed by atoms with E-state index in [1.807, 2.05) is 24.3 Å². The fourth-order valence-electron chi connectivity index (χ4n) is 3.92. The highest BCUT2D eigenvalue weighted by atomic mass is 32.1. The van der Waals surface area contributed by atoms with E-state index in [1.54, 1.807) is 51.3 Å². The van der Waals surface area contributed by atoms with Crippen LogP contribution in [0.1, 0.15) is 37.9 Å². The van der Waals surface area contributed by atoms with Crippen molar-refractivity contribution in [3.05, 3.63) is 90.6 Å². The van der Waals surface area contributed by atoms with Crippen molar-refractivity contribution in [3.63, 3.8) is 0 Å². The van der Waals surface area contributed by atoms with Crippen LogP contribution in [0.25, 0.3) is 6.08 Å². The molecule has 0 N–H and O–H groups in total. The van der Waals surface area contributed by atoms with Gasteiger partial charge < -0.3 is 14.2 Å². The van der Waals surface area contributed by atoms with Gasteiger partial charge in [-0.15, -0.1) is 0 Å². The Kier molecular flexibility index (Phi) is 6.97. The van der Waals surface area contributed by atoms with Gasteiger partial charge in [-0.05, 0) is 43.7 Å². The Labute approximate surface area is 205 Å². The largest absolute Gasteiger partial charge is 0.496 e. The first-order valence-electron chi connectivity index (χ1n) is 10.9. The minimum Gasteiger partial charge on any atom is -0.496 e. The summed E-state index contributed by atoms with van der Waals surface area (Å²) in [4.78, 5) is 42.9. The van der Waals surface area contributed by atoms with E-state index in [2.05, 4.69) is 4.99 Å². The second-order valence-corrected chi connectivity index (χ2v) is 8.72. The number of hydrogen-bond acceptors (Lipinski definition) is 8. The molecule has 1 aliphatic rings. The van der Waals surface area contributed by atoms with Gasteiger partial charge in [0.15, 0.2) is 4.80 Å². The zero-order chi connectivity index (χ0) is 25.1. The van der Waals surface area contributed by atoms with Gasteiger partial charge in [0.05, 0.1) is 35.6 Å². The maximum atomic E-state index is 13.6. The van der Waals surface area contributed by atoms with Gasteiger partial charge in [-0.3, -0.25) is 14.2 Å². The number of aromatic nitrogens is 1. The Balaban J connectivity index is 1.92. The molecule has 0 saturated carbocycles. The molecule has 0 spiro atoms. The lowest BCUT2D eigenvalue weighted by molar-refractivity contribution is -0.139. The molecule has 35 heavy (non-hydrogen) atoms. The van der Waals surface area contributed by atoms with Crippen molar-refractivity contribution in [1.82, 2.24) is 4.57 Å². The second kappa shape index (κ2) is 10.1. The Morgan fingerprint density at radius 3 is 2.51 bits per heavy atom. The number of allylic oxidation sites excluding steroid dienone is 1. The summed E-state index contributed by atoms with van der Waals surface area (Å²) in [5.41, 5.74) is 1.88. The van der Waals surface area contributed by atoms with Crippen molar-refractivity contribution in [1.29, 1.82) is 0 Å². The van der Waals surface area contributed by atoms with Crippen LogP contribution in [0.2, 0.25) is 0 Å². The second-order valence-electron chi connectivity index (χ2n) is 7.71. The summed E-state index contributed by atoms with van der Waals surface area (Å²) in [5.74, 6) is 0.0226. The molecule has 8 nitrogen and oxygen atoms in total. The summed E-state index contributed by atoms with van der Waals surface area (Å²) in [6.07, 6.45) is 1.76. The average Bonchev–Trinajstić information content (AvgIpc) is 3.13. The van der Waals surface area contributed by atoms with Crippen molar-refractivity contribution in [2.75, 3.05) is 13.7 Å². The fourth-order valence-corrected chi connectivity index (χ4v) is 4.96. The monoisotopic (exact) mass is 492 g/mol. The van der Waals surface area contributed by atoms with E-state index in [4.69, 9.17) is 14.2 Å². The third kappa shape index (κ3) is 4.81. The van der Waals surface area contributed by atoms with Crippen LogP contribution in [0.15, 0.2) is 69.6 Å². The van der Waals surface area contributed by atoms with E-state index in [0.717, 1.165) is 5.56 Å². The van der Waals surface area contributed by atoms with Crippen LogP contribution in [0, 0.1) is 0 Å². The van der Waals surface area contributed by atoms with Crippen LogP contribution in [-0.4, -0.2) is 30.2 Å². The Morgan fingerprint density at radius 2 is 1.86 bits per heavy atom. The van der Waals surface area contributed by atoms with Crippen LogP contribution < -0.4 is 24.4 Å². The molecule has 0 bridgehead atoms. The highest BCUT2D eigenvalue weighted by Crippen LogP contribution is 2.31. The van der Waals surface area contributed by atoms with E-state index in [9.17, 15) is 14.4 Å². The molecule has 0 saturated heterocycles. The molecule has 2 heterocycles.